The molecule has 2 rings (SSSR count). The summed E-state index contributed by atoms with van der Waals surface area (Å²) in [5, 5.41) is 19.4. The van der Waals surface area contributed by atoms with E-state index in [1.807, 2.05) is 0 Å². The molecule has 6 nitrogen and oxygen atoms in total. The number of carboxylic acids is 1. The number of aryl methyl sites for hydroxylation is 1. The van der Waals surface area contributed by atoms with Gasteiger partial charge in [-0.15, -0.1) is 0 Å². The molecule has 0 unspecified atom stereocenters. The monoisotopic (exact) mass is 283 g/mol. The van der Waals surface area contributed by atoms with Gasteiger partial charge in [-0.05, 0) is 25.8 Å². The number of benzene rings is 1. The first kappa shape index (κ1) is 14.2. The van der Waals surface area contributed by atoms with E-state index in [4.69, 9.17) is 9.84 Å². The average molecular weight is 283 g/mol. The van der Waals surface area contributed by atoms with Crippen molar-refractivity contribution in [2.24, 2.45) is 5.41 Å². The molecule has 0 amide bonds. The summed E-state index contributed by atoms with van der Waals surface area (Å²) < 4.78 is 19.0. The number of nitro benzene ring substituents is 1. The Balaban J connectivity index is 2.09. The van der Waals surface area contributed by atoms with Gasteiger partial charge in [0.2, 0.25) is 0 Å². The van der Waals surface area contributed by atoms with Crippen LogP contribution in [0.5, 0.6) is 5.75 Å². The number of nitro groups is 1. The van der Waals surface area contributed by atoms with Crippen molar-refractivity contribution >= 4 is 11.7 Å². The fourth-order valence-corrected chi connectivity index (χ4v) is 2.05. The average Bonchev–Trinajstić information content (AvgIpc) is 3.08. The zero-order valence-electron chi connectivity index (χ0n) is 10.9. The first-order valence-corrected chi connectivity index (χ1v) is 6.12. The van der Waals surface area contributed by atoms with Crippen LogP contribution in [0.1, 0.15) is 24.8 Å². The minimum absolute atomic E-state index is 0.0133. The van der Waals surface area contributed by atoms with E-state index in [9.17, 15) is 19.3 Å². The van der Waals surface area contributed by atoms with Crippen LogP contribution in [0.15, 0.2) is 12.1 Å². The maximum Gasteiger partial charge on any atom is 0.304 e. The minimum atomic E-state index is -0.911. The lowest BCUT2D eigenvalue weighted by molar-refractivity contribution is -0.385. The van der Waals surface area contributed by atoms with Crippen LogP contribution in [0.4, 0.5) is 10.1 Å². The van der Waals surface area contributed by atoms with E-state index in [2.05, 4.69) is 0 Å². The highest BCUT2D eigenvalue weighted by atomic mass is 19.1. The van der Waals surface area contributed by atoms with Crippen LogP contribution in [-0.4, -0.2) is 22.6 Å². The number of halogens is 1. The van der Waals surface area contributed by atoms with Gasteiger partial charge in [0.1, 0.15) is 0 Å². The summed E-state index contributed by atoms with van der Waals surface area (Å²) >= 11 is 0. The zero-order chi connectivity index (χ0) is 14.9. The molecule has 0 spiro atoms. The fraction of sp³-hybridized carbons (Fsp3) is 0.462. The van der Waals surface area contributed by atoms with E-state index in [0.29, 0.717) is 5.56 Å². The van der Waals surface area contributed by atoms with Crippen LogP contribution in [0.25, 0.3) is 0 Å². The molecule has 0 atom stereocenters. The third-order valence-electron chi connectivity index (χ3n) is 3.46. The lowest BCUT2D eigenvalue weighted by Gasteiger charge is -2.14. The van der Waals surface area contributed by atoms with Crippen molar-refractivity contribution in [1.82, 2.24) is 0 Å². The molecule has 0 aliphatic heterocycles. The molecule has 0 bridgehead atoms. The molecule has 108 valence electrons. The largest absolute Gasteiger partial charge is 0.490 e. The molecule has 1 aliphatic rings. The Morgan fingerprint density at radius 2 is 2.20 bits per heavy atom. The summed E-state index contributed by atoms with van der Waals surface area (Å²) in [6.07, 6.45) is 1.44. The highest BCUT2D eigenvalue weighted by molar-refractivity contribution is 5.68. The number of carboxylic acid groups (broad SMARTS) is 1. The third-order valence-corrected chi connectivity index (χ3v) is 3.46. The number of aliphatic carboxylic acids is 1. The minimum Gasteiger partial charge on any atom is -0.490 e. The lowest BCUT2D eigenvalue weighted by Crippen LogP contribution is -2.17. The van der Waals surface area contributed by atoms with Gasteiger partial charge in [0.05, 0.1) is 24.0 Å². The van der Waals surface area contributed by atoms with Gasteiger partial charge in [-0.3, -0.25) is 14.9 Å². The summed E-state index contributed by atoms with van der Waals surface area (Å²) in [5.41, 5.74) is -0.426. The van der Waals surface area contributed by atoms with Crippen molar-refractivity contribution in [3.63, 3.8) is 0 Å². The topological polar surface area (TPSA) is 89.7 Å². The van der Waals surface area contributed by atoms with Gasteiger partial charge in [0.15, 0.2) is 11.6 Å². The standard InChI is InChI=1S/C13H14FNO5/c1-8-4-11(9(14)5-10(8)15(18)19)20-7-13(2-3-13)6-12(16)17/h4-5H,2-3,6-7H2,1H3,(H,16,17). The van der Waals surface area contributed by atoms with Crippen LogP contribution in [0, 0.1) is 28.3 Å². The number of ether oxygens (including phenoxy) is 1. The summed E-state index contributed by atoms with van der Waals surface area (Å²) in [4.78, 5) is 20.7. The SMILES string of the molecule is Cc1cc(OCC2(CC(=O)O)CC2)c(F)cc1[N+](=O)[O-]. The third kappa shape index (κ3) is 3.04. The number of nitrogens with zero attached hydrogens (tertiary/aromatic N) is 1. The highest BCUT2D eigenvalue weighted by Crippen LogP contribution is 2.49. The maximum atomic E-state index is 13.7. The Kier molecular flexibility index (Phi) is 3.61. The van der Waals surface area contributed by atoms with E-state index in [1.165, 1.54) is 13.0 Å². The maximum absolute atomic E-state index is 13.7. The van der Waals surface area contributed by atoms with Crippen LogP contribution in [0.2, 0.25) is 0 Å². The Morgan fingerprint density at radius 3 is 2.70 bits per heavy atom. The smallest absolute Gasteiger partial charge is 0.304 e. The molecule has 0 radical (unpaired) electrons. The van der Waals surface area contributed by atoms with Crippen molar-refractivity contribution in [1.29, 1.82) is 0 Å². The molecule has 7 heteroatoms. The molecule has 1 N–H and O–H groups in total. The van der Waals surface area contributed by atoms with Gasteiger partial charge in [0.25, 0.3) is 5.69 Å². The molecule has 0 saturated heterocycles. The van der Waals surface area contributed by atoms with Gasteiger partial charge in [0, 0.05) is 11.0 Å². The molecular formula is C13H14FNO5. The second kappa shape index (κ2) is 5.07. The quantitative estimate of drug-likeness (QED) is 0.640. The van der Waals surface area contributed by atoms with E-state index in [1.54, 1.807) is 0 Å². The van der Waals surface area contributed by atoms with Crippen LogP contribution in [0.3, 0.4) is 0 Å². The second-order valence-electron chi connectivity index (χ2n) is 5.19. The number of rotatable bonds is 6. The number of hydrogen-bond acceptors (Lipinski definition) is 4. The first-order valence-electron chi connectivity index (χ1n) is 6.12. The molecule has 1 aromatic carbocycles. The first-order chi connectivity index (χ1) is 9.33. The molecule has 20 heavy (non-hydrogen) atoms. The van der Waals surface area contributed by atoms with Gasteiger partial charge in [-0.1, -0.05) is 0 Å². The van der Waals surface area contributed by atoms with E-state index in [-0.39, 0.29) is 24.5 Å². The summed E-state index contributed by atoms with van der Waals surface area (Å²) in [7, 11) is 0. The van der Waals surface area contributed by atoms with Crippen molar-refractivity contribution in [3.8, 4) is 5.75 Å². The Morgan fingerprint density at radius 1 is 1.55 bits per heavy atom. The molecule has 1 aliphatic carbocycles. The van der Waals surface area contributed by atoms with Crippen LogP contribution >= 0.6 is 0 Å². The number of hydrogen-bond donors (Lipinski definition) is 1. The Hall–Kier alpha value is -2.18. The molecule has 0 heterocycles. The highest BCUT2D eigenvalue weighted by Gasteiger charge is 2.45. The molecule has 1 fully saturated rings. The molecule has 1 saturated carbocycles. The molecule has 1 aromatic rings. The zero-order valence-corrected chi connectivity index (χ0v) is 10.9. The predicted octanol–water partition coefficient (Wildman–Crippen LogP) is 2.68. The lowest BCUT2D eigenvalue weighted by atomic mass is 10.0. The second-order valence-corrected chi connectivity index (χ2v) is 5.19. The Bertz CT molecular complexity index is 568. The Labute approximate surface area is 114 Å². The summed E-state index contributed by atoms with van der Waals surface area (Å²) in [5.74, 6) is -1.80. The fourth-order valence-electron chi connectivity index (χ4n) is 2.05. The number of carbonyl (C=O) groups is 1. The normalized spacial score (nSPS) is 15.7. The van der Waals surface area contributed by atoms with Crippen molar-refractivity contribution in [2.45, 2.75) is 26.2 Å². The summed E-state index contributed by atoms with van der Waals surface area (Å²) in [6.45, 7) is 1.60. The van der Waals surface area contributed by atoms with E-state index < -0.39 is 22.1 Å². The molecular weight excluding hydrogens is 269 g/mol. The van der Waals surface area contributed by atoms with Crippen molar-refractivity contribution < 1.29 is 24.0 Å². The van der Waals surface area contributed by atoms with Gasteiger partial charge >= 0.3 is 5.97 Å². The van der Waals surface area contributed by atoms with Crippen LogP contribution < -0.4 is 4.74 Å². The van der Waals surface area contributed by atoms with Crippen molar-refractivity contribution in [3.05, 3.63) is 33.6 Å². The molecule has 0 aromatic heterocycles. The van der Waals surface area contributed by atoms with Crippen molar-refractivity contribution in [2.75, 3.05) is 6.61 Å². The van der Waals surface area contributed by atoms with Crippen LogP contribution in [-0.2, 0) is 4.79 Å². The van der Waals surface area contributed by atoms with E-state index in [0.717, 1.165) is 18.9 Å². The van der Waals surface area contributed by atoms with E-state index >= 15 is 0 Å². The summed E-state index contributed by atoms with van der Waals surface area (Å²) in [6, 6.07) is 2.09. The van der Waals surface area contributed by atoms with Gasteiger partial charge in [-0.2, -0.15) is 0 Å². The van der Waals surface area contributed by atoms with Gasteiger partial charge < -0.3 is 9.84 Å². The predicted molar refractivity (Wildman–Crippen MR) is 67.2 cm³/mol. The van der Waals surface area contributed by atoms with Gasteiger partial charge in [-0.25, -0.2) is 4.39 Å².